The summed E-state index contributed by atoms with van der Waals surface area (Å²) in [5.74, 6) is -1.01. The second kappa shape index (κ2) is 7.02. The summed E-state index contributed by atoms with van der Waals surface area (Å²) >= 11 is 0. The fourth-order valence-electron chi connectivity index (χ4n) is 3.10. The first-order chi connectivity index (χ1) is 13.1. The molecule has 1 aliphatic heterocycles. The van der Waals surface area contributed by atoms with E-state index in [0.717, 1.165) is 0 Å². The van der Waals surface area contributed by atoms with Crippen molar-refractivity contribution in [1.82, 2.24) is 29.8 Å². The Hall–Kier alpha value is -3.49. The van der Waals surface area contributed by atoms with E-state index in [9.17, 15) is 14.0 Å². The molecule has 0 radical (unpaired) electrons. The topological polar surface area (TPSA) is 103 Å². The van der Waals surface area contributed by atoms with Gasteiger partial charge in [0.25, 0.3) is 11.5 Å². The summed E-state index contributed by atoms with van der Waals surface area (Å²) in [5.41, 5.74) is 0.547. The molecule has 4 heterocycles. The van der Waals surface area contributed by atoms with Crippen LogP contribution in [0.25, 0.3) is 11.4 Å². The van der Waals surface area contributed by atoms with Gasteiger partial charge in [0.15, 0.2) is 0 Å². The molecule has 4 rings (SSSR count). The molecule has 27 heavy (non-hydrogen) atoms. The van der Waals surface area contributed by atoms with Crippen molar-refractivity contribution in [3.8, 4) is 11.4 Å². The van der Waals surface area contributed by atoms with Gasteiger partial charge in [0.2, 0.25) is 5.95 Å². The molecular formula is C18H15FN6O2. The highest BCUT2D eigenvalue weighted by atomic mass is 19.1. The molecule has 0 aliphatic carbocycles. The van der Waals surface area contributed by atoms with Crippen molar-refractivity contribution in [1.29, 1.82) is 0 Å². The number of aromatic nitrogens is 5. The Balaban J connectivity index is 1.70. The van der Waals surface area contributed by atoms with E-state index in [1.165, 1.54) is 35.3 Å². The summed E-state index contributed by atoms with van der Waals surface area (Å²) in [6.07, 6.45) is 5.50. The van der Waals surface area contributed by atoms with Gasteiger partial charge >= 0.3 is 0 Å². The number of halogens is 1. The van der Waals surface area contributed by atoms with Gasteiger partial charge in [-0.3, -0.25) is 14.2 Å². The van der Waals surface area contributed by atoms with Gasteiger partial charge in [-0.2, -0.15) is 4.39 Å². The molecule has 0 saturated carbocycles. The highest BCUT2D eigenvalue weighted by Gasteiger charge is 2.26. The molecule has 3 aromatic rings. The molecule has 0 spiro atoms. The highest BCUT2D eigenvalue weighted by molar-refractivity contribution is 5.94. The minimum atomic E-state index is -0.842. The number of carbonyl (C=O) groups excluding carboxylic acids is 1. The van der Waals surface area contributed by atoms with Gasteiger partial charge in [0.05, 0.1) is 23.0 Å². The molecule has 3 aromatic heterocycles. The average Bonchev–Trinajstić information content (AvgIpc) is 2.69. The van der Waals surface area contributed by atoms with Gasteiger partial charge in [-0.15, -0.1) is 0 Å². The smallest absolute Gasteiger partial charge is 0.256 e. The van der Waals surface area contributed by atoms with Crippen molar-refractivity contribution in [3.05, 3.63) is 70.7 Å². The average molecular weight is 366 g/mol. The predicted octanol–water partition coefficient (Wildman–Crippen LogP) is 1.50. The van der Waals surface area contributed by atoms with Gasteiger partial charge in [-0.1, -0.05) is 0 Å². The Bertz CT molecular complexity index is 1050. The number of hydrogen-bond acceptors (Lipinski definition) is 6. The monoisotopic (exact) mass is 366 g/mol. The molecular weight excluding hydrogens is 351 g/mol. The van der Waals surface area contributed by atoms with Crippen LogP contribution >= 0.6 is 0 Å². The number of carbonyl (C=O) groups is 1. The molecule has 9 heteroatoms. The summed E-state index contributed by atoms with van der Waals surface area (Å²) in [7, 11) is 0. The van der Waals surface area contributed by atoms with Crippen molar-refractivity contribution < 1.29 is 9.18 Å². The SMILES string of the molecule is O=C(NC1CCCn2c1nc(-c1ccncn1)cc2=O)c1cccnc1F. The number of nitrogens with zero attached hydrogens (tertiary/aromatic N) is 5. The van der Waals surface area contributed by atoms with E-state index >= 15 is 0 Å². The lowest BCUT2D eigenvalue weighted by Crippen LogP contribution is -2.38. The van der Waals surface area contributed by atoms with Crippen LogP contribution in [0.3, 0.4) is 0 Å². The van der Waals surface area contributed by atoms with Crippen molar-refractivity contribution in [3.63, 3.8) is 0 Å². The first kappa shape index (κ1) is 17.0. The molecule has 0 aromatic carbocycles. The largest absolute Gasteiger partial charge is 0.342 e. The van der Waals surface area contributed by atoms with Crippen LogP contribution in [0.1, 0.15) is 35.1 Å². The van der Waals surface area contributed by atoms with E-state index in [4.69, 9.17) is 0 Å². The van der Waals surface area contributed by atoms with E-state index in [-0.39, 0.29) is 11.1 Å². The summed E-state index contributed by atoms with van der Waals surface area (Å²) in [4.78, 5) is 41.0. The van der Waals surface area contributed by atoms with E-state index < -0.39 is 17.9 Å². The van der Waals surface area contributed by atoms with Crippen molar-refractivity contribution >= 4 is 5.91 Å². The lowest BCUT2D eigenvalue weighted by molar-refractivity contribution is 0.0922. The lowest BCUT2D eigenvalue weighted by atomic mass is 10.1. The number of nitrogens with one attached hydrogen (secondary N) is 1. The van der Waals surface area contributed by atoms with Crippen LogP contribution in [0, 0.1) is 5.95 Å². The first-order valence-corrected chi connectivity index (χ1v) is 8.43. The molecule has 8 nitrogen and oxygen atoms in total. The predicted molar refractivity (Wildman–Crippen MR) is 93.2 cm³/mol. The van der Waals surface area contributed by atoms with Gasteiger partial charge in [-0.25, -0.2) is 19.9 Å². The van der Waals surface area contributed by atoms with Gasteiger partial charge in [-0.05, 0) is 31.0 Å². The number of rotatable bonds is 3. The van der Waals surface area contributed by atoms with Crippen LogP contribution in [-0.2, 0) is 6.54 Å². The molecule has 1 amide bonds. The van der Waals surface area contributed by atoms with Gasteiger partial charge < -0.3 is 5.32 Å². The van der Waals surface area contributed by atoms with E-state index in [0.29, 0.717) is 36.6 Å². The normalized spacial score (nSPS) is 15.8. The summed E-state index contributed by atoms with van der Waals surface area (Å²) < 4.78 is 15.3. The van der Waals surface area contributed by atoms with E-state index in [2.05, 4.69) is 25.3 Å². The molecule has 0 bridgehead atoms. The zero-order valence-electron chi connectivity index (χ0n) is 14.2. The molecule has 0 fully saturated rings. The van der Waals surface area contributed by atoms with Crippen LogP contribution in [0.4, 0.5) is 4.39 Å². The highest BCUT2D eigenvalue weighted by Crippen LogP contribution is 2.24. The molecule has 0 saturated heterocycles. The molecule has 1 N–H and O–H groups in total. The third-order valence-electron chi connectivity index (χ3n) is 4.38. The minimum Gasteiger partial charge on any atom is -0.342 e. The van der Waals surface area contributed by atoms with Crippen LogP contribution in [0.5, 0.6) is 0 Å². The maximum absolute atomic E-state index is 13.8. The zero-order valence-corrected chi connectivity index (χ0v) is 14.2. The van der Waals surface area contributed by atoms with Crippen molar-refractivity contribution in [2.45, 2.75) is 25.4 Å². The number of fused-ring (bicyclic) bond motifs is 1. The quantitative estimate of drug-likeness (QED) is 0.705. The van der Waals surface area contributed by atoms with Crippen LogP contribution in [0.2, 0.25) is 0 Å². The first-order valence-electron chi connectivity index (χ1n) is 8.43. The molecule has 136 valence electrons. The number of amides is 1. The van der Waals surface area contributed by atoms with Crippen LogP contribution in [0.15, 0.2) is 47.8 Å². The van der Waals surface area contributed by atoms with Crippen LogP contribution < -0.4 is 10.9 Å². The standard InChI is InChI=1S/C18H15FN6O2/c19-16-11(3-1-6-21-16)18(27)24-13-4-2-8-25-15(26)9-14(23-17(13)25)12-5-7-20-10-22-12/h1,3,5-7,9-10,13H,2,4,8H2,(H,24,27). The molecule has 1 unspecified atom stereocenters. The third kappa shape index (κ3) is 3.31. The summed E-state index contributed by atoms with van der Waals surface area (Å²) in [5, 5.41) is 2.76. The van der Waals surface area contributed by atoms with Crippen molar-refractivity contribution in [2.75, 3.05) is 0 Å². The Morgan fingerprint density at radius 2 is 2.11 bits per heavy atom. The van der Waals surface area contributed by atoms with E-state index in [1.807, 2.05) is 0 Å². The second-order valence-corrected chi connectivity index (χ2v) is 6.09. The lowest BCUT2D eigenvalue weighted by Gasteiger charge is -2.26. The van der Waals surface area contributed by atoms with E-state index in [1.54, 1.807) is 12.3 Å². The fourth-order valence-corrected chi connectivity index (χ4v) is 3.10. The summed E-state index contributed by atoms with van der Waals surface area (Å²) in [6.45, 7) is 0.513. The number of pyridine rings is 1. The number of hydrogen-bond donors (Lipinski definition) is 1. The van der Waals surface area contributed by atoms with Gasteiger partial charge in [0.1, 0.15) is 12.2 Å². The Morgan fingerprint density at radius 3 is 2.89 bits per heavy atom. The molecule has 1 atom stereocenters. The summed E-state index contributed by atoms with van der Waals surface area (Å²) in [6, 6.07) is 5.40. The third-order valence-corrected chi connectivity index (χ3v) is 4.38. The van der Waals surface area contributed by atoms with Crippen molar-refractivity contribution in [2.24, 2.45) is 0 Å². The fraction of sp³-hybridized carbons (Fsp3) is 0.222. The maximum Gasteiger partial charge on any atom is 0.256 e. The maximum atomic E-state index is 13.8. The molecule has 1 aliphatic rings. The Morgan fingerprint density at radius 1 is 1.22 bits per heavy atom. The minimum absolute atomic E-state index is 0.149. The van der Waals surface area contributed by atoms with Crippen LogP contribution in [-0.4, -0.2) is 30.4 Å². The van der Waals surface area contributed by atoms with Gasteiger partial charge in [0, 0.05) is 25.0 Å². The second-order valence-electron chi connectivity index (χ2n) is 6.09. The Labute approximate surface area is 153 Å². The zero-order chi connectivity index (χ0) is 18.8. The Kier molecular flexibility index (Phi) is 4.41.